The van der Waals surface area contributed by atoms with Crippen molar-refractivity contribution in [1.82, 2.24) is 20.6 Å². The van der Waals surface area contributed by atoms with Crippen molar-refractivity contribution in [2.45, 2.75) is 6.04 Å². The molecule has 2 aromatic heterocycles. The summed E-state index contributed by atoms with van der Waals surface area (Å²) in [6.45, 7) is 3.58. The van der Waals surface area contributed by atoms with Gasteiger partial charge in [-0.3, -0.25) is 9.59 Å². The van der Waals surface area contributed by atoms with Crippen molar-refractivity contribution in [3.63, 3.8) is 0 Å². The smallest absolute Gasteiger partial charge is 0.253 e. The van der Waals surface area contributed by atoms with Crippen molar-refractivity contribution < 1.29 is 4.79 Å². The highest BCUT2D eigenvalue weighted by atomic mass is 35.5. The molecule has 1 atom stereocenters. The summed E-state index contributed by atoms with van der Waals surface area (Å²) in [5, 5.41) is 7.41. The predicted octanol–water partition coefficient (Wildman–Crippen LogP) is 3.51. The number of H-pyrrole nitrogens is 1. The molecule has 3 N–H and O–H groups in total. The van der Waals surface area contributed by atoms with E-state index in [2.05, 4.69) is 25.5 Å². The molecule has 0 radical (unpaired) electrons. The molecule has 0 spiro atoms. The van der Waals surface area contributed by atoms with Gasteiger partial charge in [-0.05, 0) is 35.9 Å². The normalized spacial score (nSPS) is 14.7. The average molecular weight is 474 g/mol. The Kier molecular flexibility index (Phi) is 6.29. The van der Waals surface area contributed by atoms with Crippen LogP contribution < -0.4 is 21.0 Å². The average Bonchev–Trinajstić information content (AvgIpc) is 2.89. The highest BCUT2D eigenvalue weighted by Gasteiger charge is 2.22. The van der Waals surface area contributed by atoms with Gasteiger partial charge in [-0.1, -0.05) is 41.9 Å². The van der Waals surface area contributed by atoms with Crippen LogP contribution in [-0.4, -0.2) is 42.1 Å². The number of aromatic nitrogens is 2. The fourth-order valence-corrected chi connectivity index (χ4v) is 4.40. The third-order valence-corrected chi connectivity index (χ3v) is 6.28. The summed E-state index contributed by atoms with van der Waals surface area (Å²) in [7, 11) is 0. The maximum Gasteiger partial charge on any atom is 0.253 e. The van der Waals surface area contributed by atoms with E-state index in [1.165, 1.54) is 0 Å². The van der Waals surface area contributed by atoms with Crippen molar-refractivity contribution in [2.24, 2.45) is 0 Å². The molecule has 1 amide bonds. The number of hydrogen-bond donors (Lipinski definition) is 3. The lowest BCUT2D eigenvalue weighted by Crippen LogP contribution is -2.43. The topological polar surface area (TPSA) is 90.1 Å². The van der Waals surface area contributed by atoms with Gasteiger partial charge in [-0.15, -0.1) is 0 Å². The molecule has 34 heavy (non-hydrogen) atoms. The molecular formula is C26H24ClN5O2. The Balaban J connectivity index is 1.46. The van der Waals surface area contributed by atoms with Gasteiger partial charge in [0.25, 0.3) is 5.91 Å². The number of carbonyl (C=O) groups excluding carboxylic acids is 1. The molecule has 8 heteroatoms. The maximum atomic E-state index is 13.4. The lowest BCUT2D eigenvalue weighted by atomic mass is 9.98. The molecule has 2 aromatic carbocycles. The number of fused-ring (bicyclic) bond motifs is 1. The van der Waals surface area contributed by atoms with Crippen LogP contribution in [0.4, 0.5) is 5.82 Å². The number of aromatic amines is 1. The molecule has 1 saturated heterocycles. The molecule has 0 aliphatic carbocycles. The van der Waals surface area contributed by atoms with Gasteiger partial charge in [0, 0.05) is 54.5 Å². The van der Waals surface area contributed by atoms with Crippen LogP contribution in [0.15, 0.2) is 77.9 Å². The number of anilines is 1. The zero-order valence-corrected chi connectivity index (χ0v) is 19.2. The van der Waals surface area contributed by atoms with E-state index in [0.717, 1.165) is 37.6 Å². The van der Waals surface area contributed by atoms with Gasteiger partial charge in [0.15, 0.2) is 5.43 Å². The molecule has 5 rings (SSSR count). The van der Waals surface area contributed by atoms with Crippen LogP contribution in [0.5, 0.6) is 0 Å². The van der Waals surface area contributed by atoms with Gasteiger partial charge in [0.1, 0.15) is 5.82 Å². The number of amides is 1. The Morgan fingerprint density at radius 1 is 1.06 bits per heavy atom. The van der Waals surface area contributed by atoms with E-state index in [4.69, 9.17) is 11.6 Å². The number of pyridine rings is 2. The number of hydrogen-bond acceptors (Lipinski definition) is 5. The van der Waals surface area contributed by atoms with Gasteiger partial charge in [-0.25, -0.2) is 4.98 Å². The number of nitrogens with one attached hydrogen (secondary N) is 3. The first-order chi connectivity index (χ1) is 16.6. The van der Waals surface area contributed by atoms with Crippen molar-refractivity contribution in [3.8, 4) is 0 Å². The molecule has 172 valence electrons. The van der Waals surface area contributed by atoms with Gasteiger partial charge < -0.3 is 20.5 Å². The van der Waals surface area contributed by atoms with Gasteiger partial charge in [0.05, 0.1) is 17.1 Å². The number of halogens is 1. The van der Waals surface area contributed by atoms with Crippen LogP contribution in [0.2, 0.25) is 5.02 Å². The second-order valence-electron chi connectivity index (χ2n) is 8.22. The van der Waals surface area contributed by atoms with E-state index in [1.807, 2.05) is 36.4 Å². The lowest BCUT2D eigenvalue weighted by Gasteiger charge is -2.28. The Morgan fingerprint density at radius 3 is 2.59 bits per heavy atom. The van der Waals surface area contributed by atoms with E-state index in [9.17, 15) is 9.59 Å². The minimum absolute atomic E-state index is 0.160. The van der Waals surface area contributed by atoms with E-state index in [1.54, 1.807) is 36.7 Å². The number of benzene rings is 2. The Morgan fingerprint density at radius 2 is 1.85 bits per heavy atom. The number of rotatable bonds is 5. The third kappa shape index (κ3) is 4.53. The van der Waals surface area contributed by atoms with Crippen LogP contribution in [-0.2, 0) is 0 Å². The van der Waals surface area contributed by atoms with E-state index in [0.29, 0.717) is 27.1 Å². The number of nitrogens with zero attached hydrogens (tertiary/aromatic N) is 2. The fourth-order valence-electron chi connectivity index (χ4n) is 4.23. The SMILES string of the molecule is O=C(NC(c1ccccc1)c1c[nH]c2cc(Cl)ccc2c1=O)c1ccc(N2CCNCC2)nc1. The predicted molar refractivity (Wildman–Crippen MR) is 135 cm³/mol. The van der Waals surface area contributed by atoms with Crippen molar-refractivity contribution in [2.75, 3.05) is 31.1 Å². The van der Waals surface area contributed by atoms with E-state index < -0.39 is 6.04 Å². The quantitative estimate of drug-likeness (QED) is 0.412. The fraction of sp³-hybridized carbons (Fsp3) is 0.192. The molecule has 0 bridgehead atoms. The van der Waals surface area contributed by atoms with Crippen LogP contribution in [0.3, 0.4) is 0 Å². The van der Waals surface area contributed by atoms with Crippen molar-refractivity contribution >= 4 is 34.2 Å². The summed E-state index contributed by atoms with van der Waals surface area (Å²) in [6, 6.07) is 17.5. The molecule has 7 nitrogen and oxygen atoms in total. The van der Waals surface area contributed by atoms with Gasteiger partial charge in [0.2, 0.25) is 0 Å². The molecular weight excluding hydrogens is 450 g/mol. The number of piperazine rings is 1. The molecule has 3 heterocycles. The zero-order valence-electron chi connectivity index (χ0n) is 18.4. The zero-order chi connectivity index (χ0) is 23.5. The first kappa shape index (κ1) is 22.1. The Hall–Kier alpha value is -3.68. The first-order valence-electron chi connectivity index (χ1n) is 11.2. The van der Waals surface area contributed by atoms with Crippen LogP contribution in [0.1, 0.15) is 27.5 Å². The summed E-state index contributed by atoms with van der Waals surface area (Å²) >= 11 is 6.08. The Bertz CT molecular complexity index is 1370. The molecule has 1 fully saturated rings. The van der Waals surface area contributed by atoms with Crippen LogP contribution >= 0.6 is 11.6 Å². The largest absolute Gasteiger partial charge is 0.361 e. The Labute approximate surface area is 201 Å². The van der Waals surface area contributed by atoms with Crippen molar-refractivity contribution in [3.05, 3.63) is 105 Å². The van der Waals surface area contributed by atoms with Gasteiger partial charge in [-0.2, -0.15) is 0 Å². The van der Waals surface area contributed by atoms with E-state index in [-0.39, 0.29) is 11.3 Å². The second kappa shape index (κ2) is 9.67. The standard InChI is InChI=1S/C26H24ClN5O2/c27-19-7-8-20-22(14-19)29-16-21(25(20)33)24(17-4-2-1-3-5-17)31-26(34)18-6-9-23(30-15-18)32-12-10-28-11-13-32/h1-9,14-16,24,28H,10-13H2,(H,29,33)(H,31,34). The maximum absolute atomic E-state index is 13.4. The highest BCUT2D eigenvalue weighted by molar-refractivity contribution is 6.31. The summed E-state index contributed by atoms with van der Waals surface area (Å²) in [5.41, 5.74) is 2.17. The highest BCUT2D eigenvalue weighted by Crippen LogP contribution is 2.23. The molecule has 4 aromatic rings. The molecule has 0 saturated carbocycles. The third-order valence-electron chi connectivity index (χ3n) is 6.04. The minimum atomic E-state index is -0.634. The molecule has 1 aliphatic rings. The summed E-state index contributed by atoms with van der Waals surface area (Å²) < 4.78 is 0. The van der Waals surface area contributed by atoms with Gasteiger partial charge >= 0.3 is 0 Å². The number of carbonyl (C=O) groups is 1. The van der Waals surface area contributed by atoms with Crippen molar-refractivity contribution in [1.29, 1.82) is 0 Å². The first-order valence-corrected chi connectivity index (χ1v) is 11.6. The lowest BCUT2D eigenvalue weighted by molar-refractivity contribution is 0.0942. The summed E-state index contributed by atoms with van der Waals surface area (Å²) in [4.78, 5) is 36.4. The minimum Gasteiger partial charge on any atom is -0.361 e. The van der Waals surface area contributed by atoms with E-state index >= 15 is 0 Å². The molecule has 1 unspecified atom stereocenters. The monoisotopic (exact) mass is 473 g/mol. The van der Waals surface area contributed by atoms with Crippen LogP contribution in [0.25, 0.3) is 10.9 Å². The van der Waals surface area contributed by atoms with Crippen LogP contribution in [0, 0.1) is 0 Å². The summed E-state index contributed by atoms with van der Waals surface area (Å²) in [6.07, 6.45) is 3.23. The summed E-state index contributed by atoms with van der Waals surface area (Å²) in [5.74, 6) is 0.547. The molecule has 1 aliphatic heterocycles. The second-order valence-corrected chi connectivity index (χ2v) is 8.66.